The molecule has 1 heterocycles. The van der Waals surface area contributed by atoms with E-state index in [0.29, 0.717) is 6.42 Å². The van der Waals surface area contributed by atoms with Crippen molar-refractivity contribution in [3.05, 3.63) is 30.9 Å². The Kier molecular flexibility index (Phi) is 3.25. The molecule has 0 radical (unpaired) electrons. The van der Waals surface area contributed by atoms with Crippen LogP contribution in [-0.4, -0.2) is 21.0 Å². The topological polar surface area (TPSA) is 66.0 Å². The van der Waals surface area contributed by atoms with Crippen molar-refractivity contribution in [2.45, 2.75) is 18.8 Å². The zero-order chi connectivity index (χ0) is 9.68. The Morgan fingerprint density at radius 1 is 1.85 bits per heavy atom. The number of aromatic nitrogens is 2. The summed E-state index contributed by atoms with van der Waals surface area (Å²) in [7, 11) is 0. The summed E-state index contributed by atoms with van der Waals surface area (Å²) in [6.07, 6.45) is 5.74. The number of allylic oxidation sites excluding steroid dienone is 1. The summed E-state index contributed by atoms with van der Waals surface area (Å²) in [6, 6.07) is 0. The molecule has 0 aliphatic rings. The van der Waals surface area contributed by atoms with Crippen molar-refractivity contribution in [2.24, 2.45) is 0 Å². The van der Waals surface area contributed by atoms with Gasteiger partial charge in [0.05, 0.1) is 0 Å². The van der Waals surface area contributed by atoms with Gasteiger partial charge in [-0.25, -0.2) is 4.98 Å². The second-order valence-corrected chi connectivity index (χ2v) is 2.75. The van der Waals surface area contributed by atoms with Gasteiger partial charge in [0.15, 0.2) is 0 Å². The van der Waals surface area contributed by atoms with Crippen LogP contribution < -0.4 is 0 Å². The van der Waals surface area contributed by atoms with Crippen LogP contribution in [0.25, 0.3) is 0 Å². The quantitative estimate of drug-likeness (QED) is 0.675. The zero-order valence-corrected chi connectivity index (χ0v) is 7.23. The lowest BCUT2D eigenvalue weighted by Crippen LogP contribution is -2.02. The molecule has 4 nitrogen and oxygen atoms in total. The second-order valence-electron chi connectivity index (χ2n) is 2.75. The molecular weight excluding hydrogens is 168 g/mol. The number of carbonyl (C=O) groups is 1. The predicted molar refractivity (Wildman–Crippen MR) is 48.4 cm³/mol. The maximum absolute atomic E-state index is 10.3. The Morgan fingerprint density at radius 3 is 3.08 bits per heavy atom. The first-order valence-electron chi connectivity index (χ1n) is 4.07. The molecule has 0 saturated carbocycles. The van der Waals surface area contributed by atoms with Crippen molar-refractivity contribution in [1.82, 2.24) is 9.97 Å². The molecule has 0 saturated heterocycles. The summed E-state index contributed by atoms with van der Waals surface area (Å²) >= 11 is 0. The number of aromatic amines is 1. The average Bonchev–Trinajstić information content (AvgIpc) is 2.58. The van der Waals surface area contributed by atoms with Gasteiger partial charge in [0.2, 0.25) is 0 Å². The van der Waals surface area contributed by atoms with Gasteiger partial charge in [-0.2, -0.15) is 0 Å². The van der Waals surface area contributed by atoms with E-state index in [4.69, 9.17) is 5.11 Å². The summed E-state index contributed by atoms with van der Waals surface area (Å²) < 4.78 is 0. The van der Waals surface area contributed by atoms with Crippen LogP contribution in [0.2, 0.25) is 0 Å². The first-order chi connectivity index (χ1) is 6.24. The van der Waals surface area contributed by atoms with E-state index in [1.807, 2.05) is 0 Å². The minimum absolute atomic E-state index is 0.00565. The lowest BCUT2D eigenvalue weighted by molar-refractivity contribution is -0.137. The Labute approximate surface area is 76.3 Å². The highest BCUT2D eigenvalue weighted by Crippen LogP contribution is 2.18. The molecule has 1 unspecified atom stereocenters. The van der Waals surface area contributed by atoms with Gasteiger partial charge in [-0.1, -0.05) is 6.08 Å². The van der Waals surface area contributed by atoms with Gasteiger partial charge in [-0.15, -0.1) is 6.58 Å². The second kappa shape index (κ2) is 4.45. The molecule has 0 aliphatic heterocycles. The molecule has 2 N–H and O–H groups in total. The third-order valence-corrected chi connectivity index (χ3v) is 1.82. The number of carboxylic acid groups (broad SMARTS) is 1. The first-order valence-corrected chi connectivity index (χ1v) is 4.07. The third-order valence-electron chi connectivity index (χ3n) is 1.82. The number of nitrogens with zero attached hydrogens (tertiary/aromatic N) is 1. The van der Waals surface area contributed by atoms with Crippen molar-refractivity contribution in [2.75, 3.05) is 0 Å². The molecule has 1 atom stereocenters. The van der Waals surface area contributed by atoms with E-state index < -0.39 is 5.97 Å². The summed E-state index contributed by atoms with van der Waals surface area (Å²) in [6.45, 7) is 3.64. The summed E-state index contributed by atoms with van der Waals surface area (Å²) in [4.78, 5) is 17.3. The Balaban J connectivity index is 2.54. The van der Waals surface area contributed by atoms with Crippen LogP contribution in [0.4, 0.5) is 0 Å². The minimum Gasteiger partial charge on any atom is -0.481 e. The SMILES string of the molecule is C=CC(CCC(=O)O)c1ncc[nH]1. The monoisotopic (exact) mass is 180 g/mol. The smallest absolute Gasteiger partial charge is 0.303 e. The fourth-order valence-electron chi connectivity index (χ4n) is 1.13. The maximum atomic E-state index is 10.3. The van der Waals surface area contributed by atoms with Crippen LogP contribution in [0.15, 0.2) is 25.0 Å². The number of rotatable bonds is 5. The van der Waals surface area contributed by atoms with Gasteiger partial charge in [0.1, 0.15) is 5.82 Å². The zero-order valence-electron chi connectivity index (χ0n) is 7.23. The fourth-order valence-corrected chi connectivity index (χ4v) is 1.13. The molecule has 13 heavy (non-hydrogen) atoms. The van der Waals surface area contributed by atoms with Gasteiger partial charge in [0.25, 0.3) is 0 Å². The van der Waals surface area contributed by atoms with E-state index in [-0.39, 0.29) is 12.3 Å². The number of hydrogen-bond acceptors (Lipinski definition) is 2. The van der Waals surface area contributed by atoms with Crippen molar-refractivity contribution in [1.29, 1.82) is 0 Å². The van der Waals surface area contributed by atoms with Crippen LogP contribution in [0.1, 0.15) is 24.6 Å². The van der Waals surface area contributed by atoms with E-state index in [2.05, 4.69) is 16.5 Å². The summed E-state index contributed by atoms with van der Waals surface area (Å²) in [5.41, 5.74) is 0. The van der Waals surface area contributed by atoms with E-state index in [9.17, 15) is 4.79 Å². The lowest BCUT2D eigenvalue weighted by atomic mass is 10.0. The molecule has 0 amide bonds. The molecule has 0 bridgehead atoms. The van der Waals surface area contributed by atoms with Crippen molar-refractivity contribution in [3.63, 3.8) is 0 Å². The molecule has 4 heteroatoms. The number of H-pyrrole nitrogens is 1. The Bertz CT molecular complexity index is 280. The molecule has 1 aromatic rings. The molecule has 0 fully saturated rings. The van der Waals surface area contributed by atoms with E-state index >= 15 is 0 Å². The van der Waals surface area contributed by atoms with Crippen LogP contribution >= 0.6 is 0 Å². The van der Waals surface area contributed by atoms with E-state index in [1.165, 1.54) is 0 Å². The van der Waals surface area contributed by atoms with Crippen molar-refractivity contribution < 1.29 is 9.90 Å². The largest absolute Gasteiger partial charge is 0.481 e. The number of hydrogen-bond donors (Lipinski definition) is 2. The number of imidazole rings is 1. The van der Waals surface area contributed by atoms with E-state index in [0.717, 1.165) is 5.82 Å². The number of nitrogens with one attached hydrogen (secondary N) is 1. The normalized spacial score (nSPS) is 12.3. The summed E-state index contributed by atoms with van der Waals surface area (Å²) in [5, 5.41) is 8.49. The number of carboxylic acids is 1. The lowest BCUT2D eigenvalue weighted by Gasteiger charge is -2.06. The first kappa shape index (κ1) is 9.51. The van der Waals surface area contributed by atoms with Crippen LogP contribution in [-0.2, 0) is 4.79 Å². The summed E-state index contributed by atoms with van der Waals surface area (Å²) in [5.74, 6) is -0.0132. The highest BCUT2D eigenvalue weighted by atomic mass is 16.4. The molecule has 0 aliphatic carbocycles. The van der Waals surface area contributed by atoms with Gasteiger partial charge in [-0.05, 0) is 6.42 Å². The van der Waals surface area contributed by atoms with Crippen molar-refractivity contribution >= 4 is 5.97 Å². The van der Waals surface area contributed by atoms with Crippen LogP contribution in [0.3, 0.4) is 0 Å². The van der Waals surface area contributed by atoms with Gasteiger partial charge in [0, 0.05) is 24.7 Å². The Hall–Kier alpha value is -1.58. The van der Waals surface area contributed by atoms with Gasteiger partial charge in [-0.3, -0.25) is 4.79 Å². The molecule has 0 spiro atoms. The molecule has 0 aromatic carbocycles. The number of aliphatic carboxylic acids is 1. The van der Waals surface area contributed by atoms with Crippen LogP contribution in [0, 0.1) is 0 Å². The van der Waals surface area contributed by atoms with Crippen LogP contribution in [0.5, 0.6) is 0 Å². The molecular formula is C9H12N2O2. The molecule has 1 rings (SSSR count). The van der Waals surface area contributed by atoms with Crippen molar-refractivity contribution in [3.8, 4) is 0 Å². The fraction of sp³-hybridized carbons (Fsp3) is 0.333. The van der Waals surface area contributed by atoms with Gasteiger partial charge < -0.3 is 10.1 Å². The highest BCUT2D eigenvalue weighted by Gasteiger charge is 2.11. The molecule has 70 valence electrons. The standard InChI is InChI=1S/C9H12N2O2/c1-2-7(3-4-8(12)13)9-10-5-6-11-9/h2,5-7H,1,3-4H2,(H,10,11)(H,12,13). The maximum Gasteiger partial charge on any atom is 0.303 e. The Morgan fingerprint density at radius 2 is 2.62 bits per heavy atom. The highest BCUT2D eigenvalue weighted by molar-refractivity contribution is 5.66. The average molecular weight is 180 g/mol. The third kappa shape index (κ3) is 2.74. The van der Waals surface area contributed by atoms with Gasteiger partial charge >= 0.3 is 5.97 Å². The minimum atomic E-state index is -0.793. The molecule has 1 aromatic heterocycles. The predicted octanol–water partition coefficient (Wildman–Crippen LogP) is 1.54. The van der Waals surface area contributed by atoms with E-state index in [1.54, 1.807) is 18.5 Å².